The number of anilines is 1. The molecule has 4 rings (SSSR count). The van der Waals surface area contributed by atoms with Crippen LogP contribution < -0.4 is 16.8 Å². The van der Waals surface area contributed by atoms with Crippen LogP contribution in [-0.4, -0.2) is 52.6 Å². The van der Waals surface area contributed by atoms with E-state index in [1.807, 2.05) is 19.1 Å². The minimum Gasteiger partial charge on any atom is -0.383 e. The third-order valence-electron chi connectivity index (χ3n) is 6.01. The summed E-state index contributed by atoms with van der Waals surface area (Å²) in [7, 11) is 1.58. The molecule has 1 aliphatic heterocycles. The van der Waals surface area contributed by atoms with Crippen molar-refractivity contribution < 1.29 is 18.4 Å². The maximum absolute atomic E-state index is 14.5. The summed E-state index contributed by atoms with van der Waals surface area (Å²) in [5.41, 5.74) is 14.4. The monoisotopic (exact) mass is 468 g/mol. The van der Waals surface area contributed by atoms with Gasteiger partial charge in [0.1, 0.15) is 23.1 Å². The number of primary amides is 1. The number of benzene rings is 2. The number of hydrogen-bond acceptors (Lipinski definition) is 5. The summed E-state index contributed by atoms with van der Waals surface area (Å²) in [5, 5.41) is 7.15. The molecule has 2 amide bonds. The van der Waals surface area contributed by atoms with E-state index in [0.717, 1.165) is 15.8 Å². The van der Waals surface area contributed by atoms with Gasteiger partial charge >= 0.3 is 0 Å². The number of rotatable bonds is 6. The van der Waals surface area contributed by atoms with Gasteiger partial charge in [-0.15, -0.1) is 0 Å². The van der Waals surface area contributed by atoms with Gasteiger partial charge in [-0.25, -0.2) is 13.5 Å². The van der Waals surface area contributed by atoms with Crippen LogP contribution in [0.1, 0.15) is 37.9 Å². The van der Waals surface area contributed by atoms with Gasteiger partial charge in [0.05, 0.1) is 6.54 Å². The number of likely N-dealkylation sites (N-methyl/N-ethyl adjacent to an activating group) is 1. The molecule has 1 atom stereocenters. The van der Waals surface area contributed by atoms with E-state index < -0.39 is 24.4 Å². The van der Waals surface area contributed by atoms with Gasteiger partial charge in [-0.1, -0.05) is 42.5 Å². The van der Waals surface area contributed by atoms with Gasteiger partial charge in [0, 0.05) is 24.2 Å². The van der Waals surface area contributed by atoms with Crippen molar-refractivity contribution in [2.24, 2.45) is 5.73 Å². The van der Waals surface area contributed by atoms with Gasteiger partial charge in [0.25, 0.3) is 17.7 Å². The summed E-state index contributed by atoms with van der Waals surface area (Å²) in [6.07, 6.45) is 0. The molecule has 8 nitrogen and oxygen atoms in total. The van der Waals surface area contributed by atoms with Crippen molar-refractivity contribution in [2.45, 2.75) is 25.4 Å². The summed E-state index contributed by atoms with van der Waals surface area (Å²) in [5.74, 6) is -4.27. The molecule has 0 saturated carbocycles. The minimum atomic E-state index is -3.06. The fourth-order valence-electron chi connectivity index (χ4n) is 4.23. The van der Waals surface area contributed by atoms with Crippen molar-refractivity contribution in [3.63, 3.8) is 0 Å². The highest BCUT2D eigenvalue weighted by molar-refractivity contribution is 6.03. The maximum atomic E-state index is 14.5. The second-order valence-electron chi connectivity index (χ2n) is 8.59. The smallest absolute Gasteiger partial charge is 0.283 e. The maximum Gasteiger partial charge on any atom is 0.283 e. The number of alkyl halides is 2. The van der Waals surface area contributed by atoms with E-state index in [-0.39, 0.29) is 36.1 Å². The second-order valence-corrected chi connectivity index (χ2v) is 8.59. The van der Waals surface area contributed by atoms with Crippen LogP contribution in [0.2, 0.25) is 0 Å². The van der Waals surface area contributed by atoms with Crippen LogP contribution in [0.15, 0.2) is 48.5 Å². The van der Waals surface area contributed by atoms with E-state index in [1.54, 1.807) is 43.4 Å². The Morgan fingerprint density at radius 2 is 1.85 bits per heavy atom. The predicted octanol–water partition coefficient (Wildman–Crippen LogP) is 2.59. The molecule has 0 spiro atoms. The Morgan fingerprint density at radius 1 is 1.18 bits per heavy atom. The molecule has 2 aromatic carbocycles. The summed E-state index contributed by atoms with van der Waals surface area (Å²) >= 11 is 0. The van der Waals surface area contributed by atoms with Gasteiger partial charge in [-0.3, -0.25) is 14.5 Å². The molecule has 5 N–H and O–H groups in total. The van der Waals surface area contributed by atoms with Crippen LogP contribution in [-0.2, 0) is 6.54 Å². The lowest BCUT2D eigenvalue weighted by molar-refractivity contribution is -0.0232. The Kier molecular flexibility index (Phi) is 6.09. The van der Waals surface area contributed by atoms with E-state index in [9.17, 15) is 18.4 Å². The number of aryl methyl sites for hydroxylation is 1. The molecule has 1 fully saturated rings. The highest BCUT2D eigenvalue weighted by Crippen LogP contribution is 2.39. The molecule has 0 aliphatic carbocycles. The zero-order valence-corrected chi connectivity index (χ0v) is 18.9. The predicted molar refractivity (Wildman–Crippen MR) is 124 cm³/mol. The summed E-state index contributed by atoms with van der Waals surface area (Å²) in [4.78, 5) is 26.0. The lowest BCUT2D eigenvalue weighted by atomic mass is 10.0. The average Bonchev–Trinajstić information content (AvgIpc) is 3.26. The molecule has 1 aliphatic rings. The Morgan fingerprint density at radius 3 is 2.44 bits per heavy atom. The number of halogens is 2. The molecule has 1 saturated heterocycles. The number of carbonyl (C=O) groups is 2. The minimum absolute atomic E-state index is 0.0377. The molecule has 1 unspecified atom stereocenters. The molecule has 3 aromatic rings. The van der Waals surface area contributed by atoms with E-state index in [1.165, 1.54) is 4.90 Å². The van der Waals surface area contributed by atoms with Gasteiger partial charge < -0.3 is 16.8 Å². The van der Waals surface area contributed by atoms with Crippen molar-refractivity contribution in [3.8, 4) is 11.3 Å². The van der Waals surface area contributed by atoms with E-state index in [2.05, 4.69) is 10.4 Å². The molecular weight excluding hydrogens is 442 g/mol. The van der Waals surface area contributed by atoms with Gasteiger partial charge in [-0.05, 0) is 31.2 Å². The van der Waals surface area contributed by atoms with Gasteiger partial charge in [0.15, 0.2) is 0 Å². The molecule has 10 heteroatoms. The largest absolute Gasteiger partial charge is 0.383 e. The number of nitrogens with two attached hydrogens (primary N) is 2. The molecule has 1 aromatic heterocycles. The molecule has 178 valence electrons. The third-order valence-corrected chi connectivity index (χ3v) is 6.01. The average molecular weight is 469 g/mol. The molecular formula is C24H26F2N6O2. The number of likely N-dealkylation sites (tertiary alicyclic amines) is 1. The first-order valence-corrected chi connectivity index (χ1v) is 10.8. The highest BCUT2D eigenvalue weighted by Gasteiger charge is 2.49. The first-order valence-electron chi connectivity index (χ1n) is 10.8. The summed E-state index contributed by atoms with van der Waals surface area (Å²) in [6, 6.07) is 12.9. The van der Waals surface area contributed by atoms with E-state index in [0.29, 0.717) is 11.1 Å². The number of hydrogen-bond donors (Lipinski definition) is 3. The number of carbonyl (C=O) groups excluding carboxylic acids is 2. The van der Waals surface area contributed by atoms with Crippen LogP contribution in [0.3, 0.4) is 0 Å². The first-order chi connectivity index (χ1) is 16.1. The Bertz CT molecular complexity index is 1240. The molecule has 0 radical (unpaired) electrons. The third kappa shape index (κ3) is 4.36. The van der Waals surface area contributed by atoms with Crippen molar-refractivity contribution in [1.82, 2.24) is 20.0 Å². The second kappa shape index (κ2) is 8.86. The van der Waals surface area contributed by atoms with E-state index >= 15 is 0 Å². The Hall–Kier alpha value is -3.79. The number of nitrogens with one attached hydrogen (secondary N) is 1. The number of amides is 2. The fraction of sp³-hybridized carbons (Fsp3) is 0.292. The highest BCUT2D eigenvalue weighted by atomic mass is 19.3. The van der Waals surface area contributed by atoms with Gasteiger partial charge in [-0.2, -0.15) is 5.10 Å². The van der Waals surface area contributed by atoms with Crippen LogP contribution in [0.4, 0.5) is 14.6 Å². The molecule has 2 heterocycles. The zero-order valence-electron chi connectivity index (χ0n) is 18.9. The van der Waals surface area contributed by atoms with Crippen molar-refractivity contribution in [3.05, 3.63) is 70.8 Å². The molecule has 0 bridgehead atoms. The topological polar surface area (TPSA) is 119 Å². The quantitative estimate of drug-likeness (QED) is 0.514. The lowest BCUT2D eigenvalue weighted by Gasteiger charge is -2.19. The van der Waals surface area contributed by atoms with Crippen molar-refractivity contribution in [1.29, 1.82) is 0 Å². The summed E-state index contributed by atoms with van der Waals surface area (Å²) in [6.45, 7) is 1.76. The number of aromatic nitrogens is 2. The SMILES string of the molecule is Cc1ccccc1C(=O)NCc1ccc(-c2nn(C3CN(C)CC3(F)F)c(N)c2C(N)=O)cc1. The van der Waals surface area contributed by atoms with Crippen molar-refractivity contribution in [2.75, 3.05) is 25.9 Å². The van der Waals surface area contributed by atoms with Crippen molar-refractivity contribution >= 4 is 17.6 Å². The fourth-order valence-corrected chi connectivity index (χ4v) is 4.23. The zero-order chi connectivity index (χ0) is 24.6. The van der Waals surface area contributed by atoms with Gasteiger partial charge in [0.2, 0.25) is 0 Å². The Labute approximate surface area is 195 Å². The van der Waals surface area contributed by atoms with Crippen LogP contribution >= 0.6 is 0 Å². The Balaban J connectivity index is 1.57. The lowest BCUT2D eigenvalue weighted by Crippen LogP contribution is -2.31. The van der Waals surface area contributed by atoms with Crippen LogP contribution in [0.25, 0.3) is 11.3 Å². The molecule has 34 heavy (non-hydrogen) atoms. The standard InChI is InChI=1S/C24H26F2N6O2/c1-14-5-3-4-6-17(14)23(34)29-11-15-7-9-16(10-8-15)20-19(22(28)33)21(27)32(30-20)18-12-31(2)13-24(18,25)26/h3-10,18H,11-13,27H2,1-2H3,(H2,28,33)(H,29,34). The first kappa shape index (κ1) is 23.4. The summed E-state index contributed by atoms with van der Waals surface area (Å²) < 4.78 is 30.0. The number of nitrogen functional groups attached to an aromatic ring is 1. The van der Waals surface area contributed by atoms with Crippen LogP contribution in [0.5, 0.6) is 0 Å². The number of nitrogens with zero attached hydrogens (tertiary/aromatic N) is 3. The van der Waals surface area contributed by atoms with E-state index in [4.69, 9.17) is 11.5 Å². The normalized spacial score (nSPS) is 17.6. The van der Waals surface area contributed by atoms with Crippen LogP contribution in [0, 0.1) is 6.92 Å².